The Morgan fingerprint density at radius 1 is 1.61 bits per heavy atom. The molecular weight excluding hydrogens is 254 g/mol. The maximum atomic E-state index is 11.8. The highest BCUT2D eigenvalue weighted by Gasteiger charge is 2.31. The van der Waals surface area contributed by atoms with Crippen molar-refractivity contribution in [2.24, 2.45) is 7.05 Å². The number of anilines is 1. The van der Waals surface area contributed by atoms with Crippen LogP contribution in [0.25, 0.3) is 0 Å². The van der Waals surface area contributed by atoms with Gasteiger partial charge in [-0.15, -0.1) is 0 Å². The molecule has 1 fully saturated rings. The Morgan fingerprint density at radius 3 is 3.00 bits per heavy atom. The molecule has 1 atom stereocenters. The van der Waals surface area contributed by atoms with E-state index in [0.717, 1.165) is 19.5 Å². The smallest absolute Gasteiger partial charge is 0.287 e. The first-order chi connectivity index (χ1) is 8.47. The lowest BCUT2D eigenvalue weighted by atomic mass is 10.0. The summed E-state index contributed by atoms with van der Waals surface area (Å²) in [5, 5.41) is 4.26. The Balaban J connectivity index is 2.32. The van der Waals surface area contributed by atoms with Crippen molar-refractivity contribution in [2.75, 3.05) is 24.6 Å². The third-order valence-electron chi connectivity index (χ3n) is 3.49. The number of halogens is 1. The van der Waals surface area contributed by atoms with Crippen molar-refractivity contribution in [1.29, 1.82) is 0 Å². The number of aromatic nitrogens is 2. The molecule has 0 aromatic carbocycles. The highest BCUT2D eigenvalue weighted by molar-refractivity contribution is 6.33. The van der Waals surface area contributed by atoms with Gasteiger partial charge in [-0.05, 0) is 13.3 Å². The van der Waals surface area contributed by atoms with Crippen molar-refractivity contribution in [3.63, 3.8) is 0 Å². The van der Waals surface area contributed by atoms with Crippen molar-refractivity contribution < 1.29 is 4.74 Å². The molecule has 0 spiro atoms. The molecule has 0 N–H and O–H groups in total. The molecule has 0 amide bonds. The zero-order chi connectivity index (χ0) is 13.3. The van der Waals surface area contributed by atoms with E-state index >= 15 is 0 Å². The second-order valence-electron chi connectivity index (χ2n) is 4.85. The number of ether oxygens (including phenoxy) is 1. The van der Waals surface area contributed by atoms with Crippen molar-refractivity contribution in [3.8, 4) is 0 Å². The molecule has 1 aromatic heterocycles. The Labute approximate surface area is 111 Å². The van der Waals surface area contributed by atoms with Gasteiger partial charge in [-0.2, -0.15) is 5.10 Å². The lowest BCUT2D eigenvalue weighted by Crippen LogP contribution is -2.50. The van der Waals surface area contributed by atoms with E-state index in [-0.39, 0.29) is 16.2 Å². The predicted octanol–water partition coefficient (Wildman–Crippen LogP) is 1.44. The minimum Gasteiger partial charge on any atom is -0.372 e. The Kier molecular flexibility index (Phi) is 3.64. The largest absolute Gasteiger partial charge is 0.372 e. The summed E-state index contributed by atoms with van der Waals surface area (Å²) in [6, 6.07) is 0. The van der Waals surface area contributed by atoms with Gasteiger partial charge in [0.05, 0.1) is 24.1 Å². The van der Waals surface area contributed by atoms with Crippen LogP contribution in [0.15, 0.2) is 11.0 Å². The lowest BCUT2D eigenvalue weighted by molar-refractivity contribution is -0.0441. The van der Waals surface area contributed by atoms with Crippen LogP contribution in [-0.4, -0.2) is 35.1 Å². The number of nitrogens with zero attached hydrogens (tertiary/aromatic N) is 3. The first-order valence-electron chi connectivity index (χ1n) is 6.07. The topological polar surface area (TPSA) is 47.4 Å². The lowest BCUT2D eigenvalue weighted by Gasteiger charge is -2.41. The molecule has 5 nitrogen and oxygen atoms in total. The Hall–Kier alpha value is -1.07. The van der Waals surface area contributed by atoms with E-state index in [2.05, 4.69) is 23.8 Å². The average Bonchev–Trinajstić information content (AvgIpc) is 2.36. The Morgan fingerprint density at radius 2 is 2.33 bits per heavy atom. The molecule has 1 saturated heterocycles. The molecule has 0 radical (unpaired) electrons. The van der Waals surface area contributed by atoms with Crippen molar-refractivity contribution >= 4 is 17.3 Å². The van der Waals surface area contributed by atoms with Crippen LogP contribution in [-0.2, 0) is 11.8 Å². The monoisotopic (exact) mass is 271 g/mol. The third kappa shape index (κ3) is 2.37. The van der Waals surface area contributed by atoms with Crippen molar-refractivity contribution in [2.45, 2.75) is 25.9 Å². The van der Waals surface area contributed by atoms with E-state index in [1.165, 1.54) is 4.68 Å². The molecule has 2 rings (SSSR count). The highest BCUT2D eigenvalue weighted by atomic mass is 35.5. The van der Waals surface area contributed by atoms with Gasteiger partial charge >= 0.3 is 0 Å². The summed E-state index contributed by atoms with van der Waals surface area (Å²) >= 11 is 6.11. The predicted molar refractivity (Wildman–Crippen MR) is 71.3 cm³/mol. The molecule has 0 bridgehead atoms. The van der Waals surface area contributed by atoms with Gasteiger partial charge in [0.1, 0.15) is 5.02 Å². The van der Waals surface area contributed by atoms with Gasteiger partial charge in [0, 0.05) is 20.1 Å². The van der Waals surface area contributed by atoms with E-state index in [0.29, 0.717) is 12.3 Å². The normalized spacial score (nSPS) is 24.3. The van der Waals surface area contributed by atoms with Crippen LogP contribution in [0.2, 0.25) is 5.02 Å². The minimum atomic E-state index is -0.265. The molecule has 6 heteroatoms. The molecule has 100 valence electrons. The minimum absolute atomic E-state index is 0.192. The van der Waals surface area contributed by atoms with E-state index in [4.69, 9.17) is 16.3 Å². The van der Waals surface area contributed by atoms with Gasteiger partial charge in [-0.1, -0.05) is 18.5 Å². The zero-order valence-electron chi connectivity index (χ0n) is 10.9. The molecule has 0 saturated carbocycles. The summed E-state index contributed by atoms with van der Waals surface area (Å²) in [4.78, 5) is 13.8. The molecule has 18 heavy (non-hydrogen) atoms. The van der Waals surface area contributed by atoms with Crippen molar-refractivity contribution in [3.05, 3.63) is 21.6 Å². The maximum Gasteiger partial charge on any atom is 0.287 e. The summed E-state index contributed by atoms with van der Waals surface area (Å²) in [7, 11) is 1.59. The maximum absolute atomic E-state index is 11.8. The molecule has 1 aromatic rings. The van der Waals surface area contributed by atoms with E-state index < -0.39 is 0 Å². The standard InChI is InChI=1S/C12H18ClN3O2/c1-4-12(2)8-16(5-6-18-12)9-7-14-15(3)11(17)10(9)13/h7H,4-6,8H2,1-3H3. The number of rotatable bonds is 2. The van der Waals surface area contributed by atoms with E-state index in [1.807, 2.05) is 0 Å². The van der Waals surface area contributed by atoms with Gasteiger partial charge in [0.2, 0.25) is 0 Å². The van der Waals surface area contributed by atoms with Gasteiger partial charge < -0.3 is 9.64 Å². The SMILES string of the molecule is CCC1(C)CN(c2cnn(C)c(=O)c2Cl)CCO1. The fraction of sp³-hybridized carbons (Fsp3) is 0.667. The second kappa shape index (κ2) is 4.90. The number of hydrogen-bond donors (Lipinski definition) is 0. The van der Waals surface area contributed by atoms with Gasteiger partial charge in [-0.25, -0.2) is 4.68 Å². The summed E-state index contributed by atoms with van der Waals surface area (Å²) in [5.41, 5.74) is 0.240. The van der Waals surface area contributed by atoms with Crippen LogP contribution < -0.4 is 10.5 Å². The van der Waals surface area contributed by atoms with Gasteiger partial charge in [-0.3, -0.25) is 4.79 Å². The molecule has 1 unspecified atom stereocenters. The Bertz CT molecular complexity index is 503. The number of morpholine rings is 1. The summed E-state index contributed by atoms with van der Waals surface area (Å²) in [5.74, 6) is 0. The molecule has 0 aliphatic carbocycles. The van der Waals surface area contributed by atoms with E-state index in [1.54, 1.807) is 13.2 Å². The van der Waals surface area contributed by atoms with Crippen LogP contribution in [0.1, 0.15) is 20.3 Å². The molecule has 1 aliphatic heterocycles. The van der Waals surface area contributed by atoms with Gasteiger partial charge in [0.25, 0.3) is 5.56 Å². The van der Waals surface area contributed by atoms with Crippen LogP contribution >= 0.6 is 11.6 Å². The molecule has 2 heterocycles. The van der Waals surface area contributed by atoms with Crippen molar-refractivity contribution in [1.82, 2.24) is 9.78 Å². The summed E-state index contributed by atoms with van der Waals surface area (Å²) in [6.07, 6.45) is 2.56. The fourth-order valence-electron chi connectivity index (χ4n) is 2.07. The molecule has 1 aliphatic rings. The van der Waals surface area contributed by atoms with Crippen LogP contribution in [0.4, 0.5) is 5.69 Å². The second-order valence-corrected chi connectivity index (χ2v) is 5.22. The highest BCUT2D eigenvalue weighted by Crippen LogP contribution is 2.28. The van der Waals surface area contributed by atoms with Crippen LogP contribution in [0.3, 0.4) is 0 Å². The third-order valence-corrected chi connectivity index (χ3v) is 3.84. The summed E-state index contributed by atoms with van der Waals surface area (Å²) in [6.45, 7) is 6.24. The van der Waals surface area contributed by atoms with E-state index in [9.17, 15) is 4.79 Å². The average molecular weight is 272 g/mol. The van der Waals surface area contributed by atoms with Gasteiger partial charge in [0.15, 0.2) is 0 Å². The number of aryl methyl sites for hydroxylation is 1. The van der Waals surface area contributed by atoms with Crippen LogP contribution in [0.5, 0.6) is 0 Å². The first kappa shape index (κ1) is 13.4. The summed E-state index contributed by atoms with van der Waals surface area (Å²) < 4.78 is 7.01. The van der Waals surface area contributed by atoms with Crippen LogP contribution in [0, 0.1) is 0 Å². The molecular formula is C12H18ClN3O2. The zero-order valence-corrected chi connectivity index (χ0v) is 11.7. The first-order valence-corrected chi connectivity index (χ1v) is 6.45. The fourth-order valence-corrected chi connectivity index (χ4v) is 2.36. The quantitative estimate of drug-likeness (QED) is 0.817. The number of hydrogen-bond acceptors (Lipinski definition) is 4.